The first-order valence-electron chi connectivity index (χ1n) is 7.92. The number of hydrogen-bond acceptors (Lipinski definition) is 3. The minimum atomic E-state index is -0.522. The van der Waals surface area contributed by atoms with Crippen molar-refractivity contribution in [2.24, 2.45) is 0 Å². The van der Waals surface area contributed by atoms with Gasteiger partial charge in [-0.15, -0.1) is 0 Å². The third-order valence-corrected chi connectivity index (χ3v) is 4.09. The zero-order valence-electron chi connectivity index (χ0n) is 13.5. The SMILES string of the molecule is OCc1ccc(F)c(-c2ccnn2-c2ccccc2F)c1-n1cccn1. The van der Waals surface area contributed by atoms with Gasteiger partial charge in [0.15, 0.2) is 0 Å². The predicted molar refractivity (Wildman–Crippen MR) is 92.0 cm³/mol. The van der Waals surface area contributed by atoms with Crippen LogP contribution in [-0.2, 0) is 6.61 Å². The van der Waals surface area contributed by atoms with E-state index >= 15 is 0 Å². The number of benzene rings is 2. The average Bonchev–Trinajstić information content (AvgIpc) is 3.33. The van der Waals surface area contributed by atoms with Crippen molar-refractivity contribution in [1.82, 2.24) is 19.6 Å². The number of para-hydroxylation sites is 1. The maximum absolute atomic E-state index is 14.9. The fourth-order valence-corrected chi connectivity index (χ4v) is 2.95. The van der Waals surface area contributed by atoms with Gasteiger partial charge in [-0.1, -0.05) is 18.2 Å². The van der Waals surface area contributed by atoms with Crippen LogP contribution in [0.2, 0.25) is 0 Å². The molecule has 1 N–H and O–H groups in total. The Labute approximate surface area is 147 Å². The number of halogens is 2. The molecule has 0 radical (unpaired) electrons. The number of aliphatic hydroxyl groups excluding tert-OH is 1. The molecule has 7 heteroatoms. The molecule has 0 amide bonds. The number of aliphatic hydroxyl groups is 1. The van der Waals surface area contributed by atoms with Crippen molar-refractivity contribution < 1.29 is 13.9 Å². The molecule has 130 valence electrons. The summed E-state index contributed by atoms with van der Waals surface area (Å²) in [6.07, 6.45) is 4.69. The van der Waals surface area contributed by atoms with Gasteiger partial charge in [0.05, 0.1) is 29.7 Å². The third-order valence-electron chi connectivity index (χ3n) is 4.09. The van der Waals surface area contributed by atoms with Crippen LogP contribution < -0.4 is 0 Å². The molecule has 0 aliphatic carbocycles. The Balaban J connectivity index is 2.02. The van der Waals surface area contributed by atoms with Crippen molar-refractivity contribution >= 4 is 0 Å². The molecule has 26 heavy (non-hydrogen) atoms. The molecule has 0 atom stereocenters. The molecule has 0 saturated carbocycles. The lowest BCUT2D eigenvalue weighted by molar-refractivity contribution is 0.281. The molecule has 0 fully saturated rings. The van der Waals surface area contributed by atoms with Gasteiger partial charge in [0.2, 0.25) is 0 Å². The Morgan fingerprint density at radius 1 is 0.885 bits per heavy atom. The van der Waals surface area contributed by atoms with E-state index in [9.17, 15) is 13.9 Å². The first-order valence-corrected chi connectivity index (χ1v) is 7.92. The van der Waals surface area contributed by atoms with Crippen LogP contribution in [-0.4, -0.2) is 24.7 Å². The molecule has 0 unspecified atom stereocenters. The van der Waals surface area contributed by atoms with Crippen molar-refractivity contribution in [3.05, 3.63) is 84.3 Å². The topological polar surface area (TPSA) is 55.9 Å². The van der Waals surface area contributed by atoms with E-state index in [-0.39, 0.29) is 17.9 Å². The van der Waals surface area contributed by atoms with E-state index < -0.39 is 11.6 Å². The van der Waals surface area contributed by atoms with Crippen LogP contribution in [0.15, 0.2) is 67.1 Å². The molecule has 0 aliphatic heterocycles. The summed E-state index contributed by atoms with van der Waals surface area (Å²) in [5, 5.41) is 18.0. The lowest BCUT2D eigenvalue weighted by atomic mass is 10.0. The first-order chi connectivity index (χ1) is 12.7. The zero-order valence-corrected chi connectivity index (χ0v) is 13.5. The van der Waals surface area contributed by atoms with Gasteiger partial charge in [-0.25, -0.2) is 18.1 Å². The fourth-order valence-electron chi connectivity index (χ4n) is 2.95. The van der Waals surface area contributed by atoms with Gasteiger partial charge in [-0.3, -0.25) is 0 Å². The van der Waals surface area contributed by atoms with Crippen molar-refractivity contribution in [3.8, 4) is 22.6 Å². The third kappa shape index (κ3) is 2.58. The molecule has 4 rings (SSSR count). The van der Waals surface area contributed by atoms with Crippen molar-refractivity contribution in [2.45, 2.75) is 6.61 Å². The summed E-state index contributed by atoms with van der Waals surface area (Å²) in [6, 6.07) is 12.2. The van der Waals surface area contributed by atoms with Crippen LogP contribution in [0.1, 0.15) is 5.56 Å². The van der Waals surface area contributed by atoms with Crippen LogP contribution in [0.4, 0.5) is 8.78 Å². The van der Waals surface area contributed by atoms with Crippen molar-refractivity contribution in [1.29, 1.82) is 0 Å². The van der Waals surface area contributed by atoms with Gasteiger partial charge >= 0.3 is 0 Å². The lowest BCUT2D eigenvalue weighted by Crippen LogP contribution is -2.08. The molecular formula is C19H14F2N4O. The van der Waals surface area contributed by atoms with Crippen LogP contribution >= 0.6 is 0 Å². The summed E-state index contributed by atoms with van der Waals surface area (Å²) in [5.41, 5.74) is 1.61. The standard InChI is InChI=1S/C19H14F2N4O/c20-14-4-1-2-5-16(14)25-17(8-10-23-25)18-15(21)7-6-13(12-26)19(18)24-11-3-9-22-24/h1-11,26H,12H2. The monoisotopic (exact) mass is 352 g/mol. The smallest absolute Gasteiger partial charge is 0.148 e. The van der Waals surface area contributed by atoms with E-state index in [4.69, 9.17) is 0 Å². The zero-order chi connectivity index (χ0) is 18.1. The summed E-state index contributed by atoms with van der Waals surface area (Å²) >= 11 is 0. The minimum Gasteiger partial charge on any atom is -0.392 e. The molecule has 0 aliphatic rings. The maximum Gasteiger partial charge on any atom is 0.148 e. The number of rotatable bonds is 4. The van der Waals surface area contributed by atoms with Gasteiger partial charge in [0, 0.05) is 18.0 Å². The molecule has 0 saturated heterocycles. The molecule has 2 aromatic carbocycles. The highest BCUT2D eigenvalue weighted by atomic mass is 19.1. The van der Waals surface area contributed by atoms with E-state index in [0.29, 0.717) is 16.9 Å². The summed E-state index contributed by atoms with van der Waals surface area (Å²) in [7, 11) is 0. The van der Waals surface area contributed by atoms with Crippen LogP contribution in [0, 0.1) is 11.6 Å². The predicted octanol–water partition coefficient (Wildman–Crippen LogP) is 3.50. The molecule has 2 aromatic heterocycles. The van der Waals surface area contributed by atoms with E-state index in [0.717, 1.165) is 0 Å². The average molecular weight is 352 g/mol. The van der Waals surface area contributed by atoms with Gasteiger partial charge in [-0.2, -0.15) is 10.2 Å². The second kappa shape index (κ2) is 6.53. The largest absolute Gasteiger partial charge is 0.392 e. The number of hydrogen-bond donors (Lipinski definition) is 1. The van der Waals surface area contributed by atoms with Crippen LogP contribution in [0.5, 0.6) is 0 Å². The second-order valence-electron chi connectivity index (χ2n) is 5.62. The Bertz CT molecular complexity index is 1060. The molecular weight excluding hydrogens is 338 g/mol. The first kappa shape index (κ1) is 16.2. The maximum atomic E-state index is 14.9. The normalized spacial score (nSPS) is 11.0. The highest BCUT2D eigenvalue weighted by molar-refractivity contribution is 5.74. The molecule has 4 aromatic rings. The molecule has 2 heterocycles. The summed E-state index contributed by atoms with van der Waals surface area (Å²) in [5.74, 6) is -0.998. The van der Waals surface area contributed by atoms with E-state index in [1.165, 1.54) is 33.8 Å². The highest BCUT2D eigenvalue weighted by Gasteiger charge is 2.21. The van der Waals surface area contributed by atoms with E-state index in [1.54, 1.807) is 42.7 Å². The van der Waals surface area contributed by atoms with Crippen molar-refractivity contribution in [2.75, 3.05) is 0 Å². The molecule has 0 spiro atoms. The van der Waals surface area contributed by atoms with E-state index in [2.05, 4.69) is 10.2 Å². The summed E-state index contributed by atoms with van der Waals surface area (Å²) in [4.78, 5) is 0. The number of aromatic nitrogens is 4. The Morgan fingerprint density at radius 2 is 1.73 bits per heavy atom. The van der Waals surface area contributed by atoms with Gasteiger partial charge < -0.3 is 5.11 Å². The fraction of sp³-hybridized carbons (Fsp3) is 0.0526. The molecule has 0 bridgehead atoms. The Morgan fingerprint density at radius 3 is 2.46 bits per heavy atom. The summed E-state index contributed by atoms with van der Waals surface area (Å²) in [6.45, 7) is -0.295. The Hall–Kier alpha value is -3.32. The molecule has 5 nitrogen and oxygen atoms in total. The second-order valence-corrected chi connectivity index (χ2v) is 5.62. The number of nitrogens with zero attached hydrogens (tertiary/aromatic N) is 4. The summed E-state index contributed by atoms with van der Waals surface area (Å²) < 4.78 is 31.9. The lowest BCUT2D eigenvalue weighted by Gasteiger charge is -2.16. The Kier molecular flexibility index (Phi) is 4.06. The highest BCUT2D eigenvalue weighted by Crippen LogP contribution is 2.33. The minimum absolute atomic E-state index is 0.181. The van der Waals surface area contributed by atoms with Gasteiger partial charge in [-0.05, 0) is 30.3 Å². The van der Waals surface area contributed by atoms with E-state index in [1.807, 2.05) is 0 Å². The quantitative estimate of drug-likeness (QED) is 0.612. The van der Waals surface area contributed by atoms with Crippen molar-refractivity contribution in [3.63, 3.8) is 0 Å². The van der Waals surface area contributed by atoms with Crippen LogP contribution in [0.3, 0.4) is 0 Å². The van der Waals surface area contributed by atoms with Crippen LogP contribution in [0.25, 0.3) is 22.6 Å². The van der Waals surface area contributed by atoms with Gasteiger partial charge in [0.25, 0.3) is 0 Å². The van der Waals surface area contributed by atoms with Gasteiger partial charge in [0.1, 0.15) is 17.3 Å².